The Balaban J connectivity index is 1.56. The second kappa shape index (κ2) is 5.90. The molecule has 0 amide bonds. The summed E-state index contributed by atoms with van der Waals surface area (Å²) in [6, 6.07) is 6.56. The molecule has 3 N–H and O–H groups in total. The number of ether oxygens (including phenoxy) is 1. The summed E-state index contributed by atoms with van der Waals surface area (Å²) in [6.07, 6.45) is 2.05. The fraction of sp³-hybridized carbons (Fsp3) is 0.600. The van der Waals surface area contributed by atoms with Crippen LogP contribution in [0, 0.1) is 0 Å². The molecule has 0 bridgehead atoms. The second-order valence-electron chi connectivity index (χ2n) is 5.45. The first-order valence-electron chi connectivity index (χ1n) is 7.27. The Morgan fingerprint density at radius 1 is 1.32 bits per heavy atom. The number of piperazine rings is 1. The number of benzene rings is 1. The molecule has 19 heavy (non-hydrogen) atoms. The Morgan fingerprint density at radius 3 is 3.00 bits per heavy atom. The van der Waals surface area contributed by atoms with E-state index >= 15 is 0 Å². The molecule has 0 spiro atoms. The molecule has 1 unspecified atom stereocenters. The van der Waals surface area contributed by atoms with Crippen molar-refractivity contribution in [2.45, 2.75) is 18.9 Å². The monoisotopic (exact) mass is 261 g/mol. The molecule has 0 saturated carbocycles. The molecular weight excluding hydrogens is 238 g/mol. The van der Waals surface area contributed by atoms with E-state index in [-0.39, 0.29) is 6.04 Å². The lowest BCUT2D eigenvalue weighted by molar-refractivity contribution is 0.233. The summed E-state index contributed by atoms with van der Waals surface area (Å²) in [6.45, 7) is 6.40. The van der Waals surface area contributed by atoms with Crippen LogP contribution in [0.25, 0.3) is 0 Å². The van der Waals surface area contributed by atoms with Crippen LogP contribution in [0.4, 0.5) is 0 Å². The summed E-state index contributed by atoms with van der Waals surface area (Å²) in [5.74, 6) is 1.04. The number of rotatable bonds is 4. The molecule has 1 saturated heterocycles. The second-order valence-corrected chi connectivity index (χ2v) is 5.45. The summed E-state index contributed by atoms with van der Waals surface area (Å²) in [5.41, 5.74) is 8.89. The molecular formula is C15H23N3O. The predicted octanol–water partition coefficient (Wildman–Crippen LogP) is 0.917. The van der Waals surface area contributed by atoms with E-state index in [9.17, 15) is 0 Å². The molecule has 4 nitrogen and oxygen atoms in total. The third-order valence-electron chi connectivity index (χ3n) is 4.11. The van der Waals surface area contributed by atoms with Gasteiger partial charge in [-0.05, 0) is 23.6 Å². The van der Waals surface area contributed by atoms with E-state index < -0.39 is 0 Å². The van der Waals surface area contributed by atoms with Crippen LogP contribution in [0.2, 0.25) is 0 Å². The molecule has 1 atom stereocenters. The van der Waals surface area contributed by atoms with Crippen LogP contribution >= 0.6 is 0 Å². The zero-order valence-corrected chi connectivity index (χ0v) is 11.4. The molecule has 1 aromatic rings. The van der Waals surface area contributed by atoms with Crippen LogP contribution in [-0.4, -0.2) is 44.2 Å². The van der Waals surface area contributed by atoms with Crippen molar-refractivity contribution in [3.63, 3.8) is 0 Å². The Labute approximate surface area is 114 Å². The highest BCUT2D eigenvalue weighted by Gasteiger charge is 2.16. The van der Waals surface area contributed by atoms with Gasteiger partial charge in [0.05, 0.1) is 6.61 Å². The molecule has 2 aliphatic rings. The van der Waals surface area contributed by atoms with Crippen molar-refractivity contribution in [3.8, 4) is 5.75 Å². The number of hydrogen-bond donors (Lipinski definition) is 2. The number of nitrogens with two attached hydrogens (primary N) is 1. The highest BCUT2D eigenvalue weighted by atomic mass is 16.5. The number of hydrogen-bond acceptors (Lipinski definition) is 4. The normalized spacial score (nSPS) is 20.9. The van der Waals surface area contributed by atoms with Crippen molar-refractivity contribution in [3.05, 3.63) is 29.3 Å². The third kappa shape index (κ3) is 3.08. The predicted molar refractivity (Wildman–Crippen MR) is 76.5 cm³/mol. The van der Waals surface area contributed by atoms with Crippen LogP contribution in [0.5, 0.6) is 5.75 Å². The Morgan fingerprint density at radius 2 is 2.16 bits per heavy atom. The standard InChI is InChI=1S/C15H23N3O/c16-14(3-7-18-8-5-17-6-9-18)12-1-2-15-13(11-12)4-10-19-15/h1-2,11,14,17H,3-10,16H2. The summed E-state index contributed by atoms with van der Waals surface area (Å²) < 4.78 is 5.53. The minimum atomic E-state index is 0.140. The third-order valence-corrected chi connectivity index (χ3v) is 4.11. The smallest absolute Gasteiger partial charge is 0.122 e. The summed E-state index contributed by atoms with van der Waals surface area (Å²) in [5, 5.41) is 3.38. The van der Waals surface area contributed by atoms with E-state index in [0.29, 0.717) is 0 Å². The minimum absolute atomic E-state index is 0.140. The maximum Gasteiger partial charge on any atom is 0.122 e. The maximum absolute atomic E-state index is 6.32. The van der Waals surface area contributed by atoms with Crippen molar-refractivity contribution in [1.29, 1.82) is 0 Å². The lowest BCUT2D eigenvalue weighted by Gasteiger charge is -2.28. The van der Waals surface area contributed by atoms with Crippen LogP contribution in [-0.2, 0) is 6.42 Å². The number of fused-ring (bicyclic) bond motifs is 1. The number of nitrogens with zero attached hydrogens (tertiary/aromatic N) is 1. The van der Waals surface area contributed by atoms with Gasteiger partial charge in [-0.2, -0.15) is 0 Å². The fourth-order valence-electron chi connectivity index (χ4n) is 2.86. The van der Waals surface area contributed by atoms with E-state index in [2.05, 4.69) is 28.4 Å². The van der Waals surface area contributed by atoms with Crippen LogP contribution in [0.3, 0.4) is 0 Å². The first kappa shape index (κ1) is 12.9. The molecule has 4 heteroatoms. The van der Waals surface area contributed by atoms with Gasteiger partial charge in [0.2, 0.25) is 0 Å². The zero-order chi connectivity index (χ0) is 13.1. The van der Waals surface area contributed by atoms with E-state index in [1.165, 1.54) is 11.1 Å². The van der Waals surface area contributed by atoms with Gasteiger partial charge in [-0.15, -0.1) is 0 Å². The van der Waals surface area contributed by atoms with E-state index in [1.807, 2.05) is 0 Å². The average Bonchev–Trinajstić information content (AvgIpc) is 2.93. The molecule has 0 radical (unpaired) electrons. The van der Waals surface area contributed by atoms with Gasteiger partial charge < -0.3 is 20.7 Å². The molecule has 3 rings (SSSR count). The van der Waals surface area contributed by atoms with Gasteiger partial charge in [0.1, 0.15) is 5.75 Å². The Bertz CT molecular complexity index is 429. The fourth-order valence-corrected chi connectivity index (χ4v) is 2.86. The van der Waals surface area contributed by atoms with Crippen LogP contribution in [0.15, 0.2) is 18.2 Å². The van der Waals surface area contributed by atoms with Gasteiger partial charge in [0, 0.05) is 45.2 Å². The van der Waals surface area contributed by atoms with Gasteiger partial charge in [-0.3, -0.25) is 0 Å². The highest BCUT2D eigenvalue weighted by molar-refractivity contribution is 5.40. The molecule has 2 heterocycles. The quantitative estimate of drug-likeness (QED) is 0.846. The van der Waals surface area contributed by atoms with Gasteiger partial charge in [0.15, 0.2) is 0 Å². The molecule has 2 aliphatic heterocycles. The van der Waals surface area contributed by atoms with E-state index in [0.717, 1.165) is 57.9 Å². The van der Waals surface area contributed by atoms with Gasteiger partial charge in [0.25, 0.3) is 0 Å². The van der Waals surface area contributed by atoms with E-state index in [4.69, 9.17) is 10.5 Å². The van der Waals surface area contributed by atoms with Crippen molar-refractivity contribution >= 4 is 0 Å². The Hall–Kier alpha value is -1.10. The average molecular weight is 261 g/mol. The lowest BCUT2D eigenvalue weighted by atomic mass is 10.0. The van der Waals surface area contributed by atoms with Gasteiger partial charge in [-0.25, -0.2) is 0 Å². The van der Waals surface area contributed by atoms with Crippen molar-refractivity contribution in [1.82, 2.24) is 10.2 Å². The largest absolute Gasteiger partial charge is 0.493 e. The first-order chi connectivity index (χ1) is 9.33. The Kier molecular flexibility index (Phi) is 4.01. The number of nitrogens with one attached hydrogen (secondary N) is 1. The highest BCUT2D eigenvalue weighted by Crippen LogP contribution is 2.28. The topological polar surface area (TPSA) is 50.5 Å². The van der Waals surface area contributed by atoms with Crippen molar-refractivity contribution in [2.24, 2.45) is 5.73 Å². The lowest BCUT2D eigenvalue weighted by Crippen LogP contribution is -2.44. The summed E-state index contributed by atoms with van der Waals surface area (Å²) >= 11 is 0. The minimum Gasteiger partial charge on any atom is -0.493 e. The molecule has 1 aromatic carbocycles. The summed E-state index contributed by atoms with van der Waals surface area (Å²) in [7, 11) is 0. The first-order valence-corrected chi connectivity index (χ1v) is 7.27. The maximum atomic E-state index is 6.32. The van der Waals surface area contributed by atoms with Crippen LogP contribution < -0.4 is 15.8 Å². The summed E-state index contributed by atoms with van der Waals surface area (Å²) in [4.78, 5) is 2.49. The van der Waals surface area contributed by atoms with Gasteiger partial charge >= 0.3 is 0 Å². The van der Waals surface area contributed by atoms with Gasteiger partial charge in [-0.1, -0.05) is 12.1 Å². The zero-order valence-electron chi connectivity index (χ0n) is 11.4. The van der Waals surface area contributed by atoms with Crippen LogP contribution in [0.1, 0.15) is 23.6 Å². The van der Waals surface area contributed by atoms with E-state index in [1.54, 1.807) is 0 Å². The van der Waals surface area contributed by atoms with Crippen molar-refractivity contribution < 1.29 is 4.74 Å². The molecule has 1 fully saturated rings. The molecule has 0 aliphatic carbocycles. The SMILES string of the molecule is NC(CCN1CCNCC1)c1ccc2c(c1)CCO2. The molecule has 104 valence electrons. The van der Waals surface area contributed by atoms with Crippen molar-refractivity contribution in [2.75, 3.05) is 39.3 Å². The molecule has 0 aromatic heterocycles.